The van der Waals surface area contributed by atoms with Crippen molar-refractivity contribution in [3.8, 4) is 11.5 Å². The number of hydrogen-bond acceptors (Lipinski definition) is 3. The van der Waals surface area contributed by atoms with Crippen molar-refractivity contribution in [1.29, 1.82) is 0 Å². The molecule has 3 nitrogen and oxygen atoms in total. The van der Waals surface area contributed by atoms with Crippen LogP contribution in [0.4, 0.5) is 5.69 Å². The van der Waals surface area contributed by atoms with E-state index in [1.54, 1.807) is 19.2 Å². The summed E-state index contributed by atoms with van der Waals surface area (Å²) >= 11 is 6.45. The van der Waals surface area contributed by atoms with Crippen LogP contribution in [-0.4, -0.2) is 25.8 Å². The largest absolute Gasteiger partial charge is 0.508 e. The molecule has 0 fully saturated rings. The van der Waals surface area contributed by atoms with Gasteiger partial charge in [-0.15, -0.1) is 11.6 Å². The van der Waals surface area contributed by atoms with Gasteiger partial charge in [-0.3, -0.25) is 0 Å². The van der Waals surface area contributed by atoms with Crippen LogP contribution in [0.3, 0.4) is 0 Å². The maximum absolute atomic E-state index is 9.29. The van der Waals surface area contributed by atoms with Gasteiger partial charge in [0, 0.05) is 19.3 Å². The van der Waals surface area contributed by atoms with E-state index in [9.17, 15) is 5.11 Å². The van der Waals surface area contributed by atoms with E-state index in [0.29, 0.717) is 6.54 Å². The van der Waals surface area contributed by atoms with Crippen LogP contribution in [0.5, 0.6) is 11.5 Å². The Balaban J connectivity index is 2.02. The fourth-order valence-corrected chi connectivity index (χ4v) is 2.32. The van der Waals surface area contributed by atoms with Crippen molar-refractivity contribution in [1.82, 2.24) is 0 Å². The normalized spacial score (nSPS) is 11.9. The van der Waals surface area contributed by atoms with Crippen LogP contribution in [0, 0.1) is 0 Å². The van der Waals surface area contributed by atoms with Crippen molar-refractivity contribution >= 4 is 17.3 Å². The monoisotopic (exact) mass is 291 g/mol. The minimum absolute atomic E-state index is 0.111. The van der Waals surface area contributed by atoms with E-state index < -0.39 is 0 Å². The predicted octanol–water partition coefficient (Wildman–Crippen LogP) is 3.82. The molecule has 1 atom stereocenters. The number of anilines is 1. The highest BCUT2D eigenvalue weighted by Crippen LogP contribution is 2.26. The summed E-state index contributed by atoms with van der Waals surface area (Å²) in [5.41, 5.74) is 2.07. The van der Waals surface area contributed by atoms with E-state index in [-0.39, 0.29) is 11.1 Å². The third-order valence-electron chi connectivity index (χ3n) is 3.20. The lowest BCUT2D eigenvalue weighted by Crippen LogP contribution is -2.21. The van der Waals surface area contributed by atoms with Gasteiger partial charge < -0.3 is 14.7 Å². The number of nitrogens with zero attached hydrogens (tertiary/aromatic N) is 1. The molecule has 0 heterocycles. The van der Waals surface area contributed by atoms with Gasteiger partial charge in [0.1, 0.15) is 11.5 Å². The number of phenolic OH excluding ortho intramolecular Hbond substituents is 1. The molecule has 2 aromatic carbocycles. The number of phenols is 1. The molecule has 0 radical (unpaired) electrons. The Kier molecular flexibility index (Phi) is 4.74. The highest BCUT2D eigenvalue weighted by atomic mass is 35.5. The maximum Gasteiger partial charge on any atom is 0.118 e. The minimum atomic E-state index is -0.111. The van der Waals surface area contributed by atoms with Gasteiger partial charge in [0.25, 0.3) is 0 Å². The zero-order chi connectivity index (χ0) is 14.5. The third-order valence-corrected chi connectivity index (χ3v) is 3.59. The summed E-state index contributed by atoms with van der Waals surface area (Å²) in [5.74, 6) is 1.09. The molecule has 2 aromatic rings. The predicted molar refractivity (Wildman–Crippen MR) is 83.0 cm³/mol. The lowest BCUT2D eigenvalue weighted by molar-refractivity contribution is 0.414. The zero-order valence-corrected chi connectivity index (χ0v) is 12.3. The summed E-state index contributed by atoms with van der Waals surface area (Å²) in [6.45, 7) is 0.679. The Morgan fingerprint density at radius 1 is 1.10 bits per heavy atom. The Hall–Kier alpha value is -1.87. The molecule has 0 spiro atoms. The van der Waals surface area contributed by atoms with E-state index in [1.807, 2.05) is 43.4 Å². The van der Waals surface area contributed by atoms with Crippen molar-refractivity contribution in [2.45, 2.75) is 5.38 Å². The van der Waals surface area contributed by atoms with Crippen LogP contribution < -0.4 is 9.64 Å². The highest BCUT2D eigenvalue weighted by Gasteiger charge is 2.11. The molecular formula is C16H18ClNO2. The van der Waals surface area contributed by atoms with Gasteiger partial charge in [-0.1, -0.05) is 12.1 Å². The molecule has 0 saturated carbocycles. The van der Waals surface area contributed by atoms with Crippen LogP contribution in [0.1, 0.15) is 10.9 Å². The quantitative estimate of drug-likeness (QED) is 0.850. The third kappa shape index (κ3) is 3.58. The van der Waals surface area contributed by atoms with Crippen LogP contribution in [0.2, 0.25) is 0 Å². The molecule has 1 N–H and O–H groups in total. The summed E-state index contributed by atoms with van der Waals surface area (Å²) < 4.78 is 5.13. The number of aromatic hydroxyl groups is 1. The Bertz CT molecular complexity index is 539. The van der Waals surface area contributed by atoms with Gasteiger partial charge in [0.05, 0.1) is 12.5 Å². The molecule has 0 saturated heterocycles. The second kappa shape index (κ2) is 6.53. The van der Waals surface area contributed by atoms with Crippen LogP contribution in [0.25, 0.3) is 0 Å². The zero-order valence-electron chi connectivity index (χ0n) is 11.6. The highest BCUT2D eigenvalue weighted by molar-refractivity contribution is 6.21. The topological polar surface area (TPSA) is 32.7 Å². The number of methoxy groups -OCH3 is 1. The lowest BCUT2D eigenvalue weighted by atomic mass is 10.1. The van der Waals surface area contributed by atoms with Crippen molar-refractivity contribution in [2.75, 3.05) is 25.6 Å². The smallest absolute Gasteiger partial charge is 0.118 e. The van der Waals surface area contributed by atoms with Crippen molar-refractivity contribution < 1.29 is 9.84 Å². The molecule has 0 amide bonds. The standard InChI is InChI=1S/C16H18ClNO2/c1-18(13-5-7-14(19)8-6-13)11-16(17)12-3-9-15(20-2)10-4-12/h3-10,16,19H,11H2,1-2H3. The molecule has 0 aliphatic carbocycles. The number of halogens is 1. The van der Waals surface area contributed by atoms with Gasteiger partial charge >= 0.3 is 0 Å². The van der Waals surface area contributed by atoms with Gasteiger partial charge in [-0.2, -0.15) is 0 Å². The summed E-state index contributed by atoms with van der Waals surface area (Å²) in [6, 6.07) is 14.8. The first-order valence-corrected chi connectivity index (χ1v) is 6.82. The van der Waals surface area contributed by atoms with E-state index in [4.69, 9.17) is 16.3 Å². The van der Waals surface area contributed by atoms with Crippen LogP contribution in [-0.2, 0) is 0 Å². The fourth-order valence-electron chi connectivity index (χ4n) is 1.97. The molecule has 0 aliphatic rings. The number of alkyl halides is 1. The second-order valence-corrected chi connectivity index (χ2v) is 5.16. The molecule has 106 valence electrons. The van der Waals surface area contributed by atoms with Crippen molar-refractivity contribution in [3.05, 3.63) is 54.1 Å². The first-order valence-electron chi connectivity index (χ1n) is 6.38. The van der Waals surface area contributed by atoms with Crippen LogP contribution in [0.15, 0.2) is 48.5 Å². The molecule has 0 aliphatic heterocycles. The van der Waals surface area contributed by atoms with Crippen molar-refractivity contribution in [3.63, 3.8) is 0 Å². The molecular weight excluding hydrogens is 274 g/mol. The Labute approximate surface area is 124 Å². The molecule has 2 rings (SSSR count). The SMILES string of the molecule is COc1ccc(C(Cl)CN(C)c2ccc(O)cc2)cc1. The van der Waals surface area contributed by atoms with Gasteiger partial charge in [0.2, 0.25) is 0 Å². The molecule has 4 heteroatoms. The number of benzene rings is 2. The number of ether oxygens (including phenoxy) is 1. The fraction of sp³-hybridized carbons (Fsp3) is 0.250. The van der Waals surface area contributed by atoms with E-state index in [0.717, 1.165) is 17.0 Å². The average Bonchev–Trinajstić information content (AvgIpc) is 2.48. The average molecular weight is 292 g/mol. The number of hydrogen-bond donors (Lipinski definition) is 1. The van der Waals surface area contributed by atoms with Gasteiger partial charge in [-0.25, -0.2) is 0 Å². The first kappa shape index (κ1) is 14.5. The summed E-state index contributed by atoms with van der Waals surface area (Å²) in [6.07, 6.45) is 0. The summed E-state index contributed by atoms with van der Waals surface area (Å²) in [7, 11) is 3.62. The Morgan fingerprint density at radius 2 is 1.70 bits per heavy atom. The maximum atomic E-state index is 9.29. The molecule has 0 aromatic heterocycles. The van der Waals surface area contributed by atoms with Crippen molar-refractivity contribution in [2.24, 2.45) is 0 Å². The molecule has 1 unspecified atom stereocenters. The molecule has 0 bridgehead atoms. The van der Waals surface area contributed by atoms with E-state index in [2.05, 4.69) is 4.90 Å². The van der Waals surface area contributed by atoms with E-state index >= 15 is 0 Å². The van der Waals surface area contributed by atoms with Gasteiger partial charge in [0.15, 0.2) is 0 Å². The lowest BCUT2D eigenvalue weighted by Gasteiger charge is -2.22. The number of likely N-dealkylation sites (N-methyl/N-ethyl adjacent to an activating group) is 1. The summed E-state index contributed by atoms with van der Waals surface area (Å²) in [5, 5.41) is 9.18. The van der Waals surface area contributed by atoms with Gasteiger partial charge in [-0.05, 0) is 42.0 Å². The van der Waals surface area contributed by atoms with E-state index in [1.165, 1.54) is 0 Å². The minimum Gasteiger partial charge on any atom is -0.508 e. The first-order chi connectivity index (χ1) is 9.60. The molecule has 20 heavy (non-hydrogen) atoms. The second-order valence-electron chi connectivity index (χ2n) is 4.64. The van der Waals surface area contributed by atoms with Crippen LogP contribution >= 0.6 is 11.6 Å². The Morgan fingerprint density at radius 3 is 2.25 bits per heavy atom. The summed E-state index contributed by atoms with van der Waals surface area (Å²) in [4.78, 5) is 2.06. The number of rotatable bonds is 5.